The normalized spacial score (nSPS) is 19.6. The van der Waals surface area contributed by atoms with Gasteiger partial charge < -0.3 is 29.5 Å². The summed E-state index contributed by atoms with van der Waals surface area (Å²) < 4.78 is 32.2. The average molecular weight is 958 g/mol. The summed E-state index contributed by atoms with van der Waals surface area (Å²) in [5, 5.41) is 5.39. The van der Waals surface area contributed by atoms with Crippen LogP contribution in [0, 0.1) is 24.5 Å². The number of imide groups is 1. The van der Waals surface area contributed by atoms with Crippen LogP contribution in [0.3, 0.4) is 0 Å². The predicted octanol–water partition coefficient (Wildman–Crippen LogP) is 4.27. The maximum Gasteiger partial charge on any atom is 0.255 e. The van der Waals surface area contributed by atoms with E-state index in [0.29, 0.717) is 101 Å². The van der Waals surface area contributed by atoms with Crippen LogP contribution in [0.1, 0.15) is 72.9 Å². The number of aryl methyl sites for hydroxylation is 1. The Labute approximate surface area is 404 Å². The standard InChI is InChI=1S/C50H57F2N13O5/c1-30(2)65-31(3)55-46-38(51)23-34(24-41(46)65)45-39(52)26-54-50(58-45)56-42-8-4-32(25-53-42)27-59-14-16-60(17-15-59)29-44(67)62-12-10-33(11-13-62)48(69)63-20-18-61(19-21-63)36-5-6-37-35(22-36)28-64(49(37)70)40-7-9-43(66)57-47(40)68/h4-6,8,22-26,30,33,40H,7,9-21,27-29H2,1-3H3,(H,57,66,68)(H,53,54,56,58)/t40-/m0/s1. The van der Waals surface area contributed by atoms with Gasteiger partial charge in [0, 0.05) is 120 Å². The van der Waals surface area contributed by atoms with E-state index >= 15 is 8.78 Å². The number of hydrogen-bond donors (Lipinski definition) is 2. The number of likely N-dealkylation sites (tertiary alicyclic amines) is 1. The Kier molecular flexibility index (Phi) is 13.0. The van der Waals surface area contributed by atoms with Crippen LogP contribution in [-0.4, -0.2) is 157 Å². The summed E-state index contributed by atoms with van der Waals surface area (Å²) in [5.74, 6) is -0.774. The molecule has 4 saturated heterocycles. The Morgan fingerprint density at radius 2 is 1.57 bits per heavy atom. The number of anilines is 3. The second-order valence-corrected chi connectivity index (χ2v) is 19.3. The van der Waals surface area contributed by atoms with Crippen molar-refractivity contribution in [1.29, 1.82) is 0 Å². The van der Waals surface area contributed by atoms with E-state index < -0.39 is 23.6 Å². The Balaban J connectivity index is 0.644. The van der Waals surface area contributed by atoms with Crippen LogP contribution < -0.4 is 15.5 Å². The van der Waals surface area contributed by atoms with Gasteiger partial charge in [-0.25, -0.2) is 28.7 Å². The fraction of sp³-hybridized carbons (Fsp3) is 0.460. The number of piperidine rings is 2. The zero-order valence-corrected chi connectivity index (χ0v) is 39.7. The molecule has 5 aliphatic rings. The number of rotatable bonds is 11. The summed E-state index contributed by atoms with van der Waals surface area (Å²) >= 11 is 0. The number of fused-ring (bicyclic) bond motifs is 2. The highest BCUT2D eigenvalue weighted by atomic mass is 19.1. The zero-order valence-electron chi connectivity index (χ0n) is 39.7. The number of carbonyl (C=O) groups excluding carboxylic acids is 5. The summed E-state index contributed by atoms with van der Waals surface area (Å²) in [6.45, 7) is 13.9. The highest BCUT2D eigenvalue weighted by molar-refractivity contribution is 6.05. The number of carbonyl (C=O) groups is 5. The number of aromatic nitrogens is 5. The number of pyridine rings is 1. The molecule has 10 rings (SSSR count). The minimum atomic E-state index is -0.679. The lowest BCUT2D eigenvalue weighted by Gasteiger charge is -2.40. The molecular weight excluding hydrogens is 901 g/mol. The van der Waals surface area contributed by atoms with E-state index in [9.17, 15) is 24.0 Å². The molecule has 5 aliphatic heterocycles. The molecule has 5 amide bonds. The van der Waals surface area contributed by atoms with Crippen LogP contribution in [0.5, 0.6) is 0 Å². The summed E-state index contributed by atoms with van der Waals surface area (Å²) in [5.41, 5.74) is 4.45. The van der Waals surface area contributed by atoms with Crippen molar-refractivity contribution < 1.29 is 32.8 Å². The number of imidazole rings is 1. The molecule has 0 aliphatic carbocycles. The topological polar surface area (TPSA) is 185 Å². The number of halogens is 2. The van der Waals surface area contributed by atoms with Crippen molar-refractivity contribution in [2.75, 3.05) is 82.2 Å². The third-order valence-electron chi connectivity index (χ3n) is 14.4. The van der Waals surface area contributed by atoms with Gasteiger partial charge >= 0.3 is 0 Å². The van der Waals surface area contributed by atoms with Crippen molar-refractivity contribution >= 4 is 58.0 Å². The van der Waals surface area contributed by atoms with Gasteiger partial charge in [-0.3, -0.25) is 39.1 Å². The average Bonchev–Trinajstić information content (AvgIpc) is 3.88. The lowest BCUT2D eigenvalue weighted by atomic mass is 9.94. The van der Waals surface area contributed by atoms with Gasteiger partial charge in [0.1, 0.15) is 28.9 Å². The number of nitrogens with one attached hydrogen (secondary N) is 2. The summed E-state index contributed by atoms with van der Waals surface area (Å²) in [6, 6.07) is 11.8. The minimum Gasteiger partial charge on any atom is -0.368 e. The fourth-order valence-corrected chi connectivity index (χ4v) is 10.6. The molecule has 8 heterocycles. The number of nitrogens with zero attached hydrogens (tertiary/aromatic N) is 11. The van der Waals surface area contributed by atoms with Crippen LogP contribution in [-0.2, 0) is 32.3 Å². The molecule has 0 saturated carbocycles. The molecule has 0 bridgehead atoms. The highest BCUT2D eigenvalue weighted by Crippen LogP contribution is 2.33. The molecule has 4 fully saturated rings. The molecule has 3 aromatic heterocycles. The summed E-state index contributed by atoms with van der Waals surface area (Å²) in [4.78, 5) is 93.9. The van der Waals surface area contributed by atoms with Crippen LogP contribution in [0.2, 0.25) is 0 Å². The second kappa shape index (κ2) is 19.5. The van der Waals surface area contributed by atoms with Gasteiger partial charge in [0.2, 0.25) is 29.6 Å². The van der Waals surface area contributed by atoms with Crippen LogP contribution in [0.4, 0.5) is 26.2 Å². The van der Waals surface area contributed by atoms with Crippen molar-refractivity contribution in [1.82, 2.24) is 54.3 Å². The van der Waals surface area contributed by atoms with Gasteiger partial charge in [0.05, 0.1) is 18.3 Å². The summed E-state index contributed by atoms with van der Waals surface area (Å²) in [7, 11) is 0. The third kappa shape index (κ3) is 9.53. The third-order valence-corrected chi connectivity index (χ3v) is 14.4. The molecule has 5 aromatic rings. The van der Waals surface area contributed by atoms with Crippen molar-refractivity contribution in [2.24, 2.45) is 5.92 Å². The number of hydrogen-bond acceptors (Lipinski definition) is 13. The quantitative estimate of drug-likeness (QED) is 0.179. The van der Waals surface area contributed by atoms with Gasteiger partial charge in [0.25, 0.3) is 5.91 Å². The first-order valence-corrected chi connectivity index (χ1v) is 24.2. The molecule has 1 atom stereocenters. The Morgan fingerprint density at radius 3 is 2.29 bits per heavy atom. The first-order valence-electron chi connectivity index (χ1n) is 24.2. The van der Waals surface area contributed by atoms with Crippen LogP contribution in [0.25, 0.3) is 22.3 Å². The van der Waals surface area contributed by atoms with Crippen LogP contribution >= 0.6 is 0 Å². The lowest BCUT2D eigenvalue weighted by molar-refractivity contribution is -0.141. The van der Waals surface area contributed by atoms with Crippen molar-refractivity contribution in [3.05, 3.63) is 89.0 Å². The van der Waals surface area contributed by atoms with Crippen molar-refractivity contribution in [2.45, 2.75) is 71.6 Å². The maximum atomic E-state index is 15.2. The highest BCUT2D eigenvalue weighted by Gasteiger charge is 2.40. The maximum absolute atomic E-state index is 15.2. The van der Waals surface area contributed by atoms with Gasteiger partial charge in [-0.05, 0) is 87.6 Å². The van der Waals surface area contributed by atoms with Gasteiger partial charge in [-0.2, -0.15) is 0 Å². The van der Waals surface area contributed by atoms with E-state index in [1.165, 1.54) is 6.07 Å². The van der Waals surface area contributed by atoms with Gasteiger partial charge in [0.15, 0.2) is 11.6 Å². The number of piperazine rings is 2. The van der Waals surface area contributed by atoms with E-state index in [4.69, 9.17) is 0 Å². The second-order valence-electron chi connectivity index (χ2n) is 19.3. The van der Waals surface area contributed by atoms with Crippen molar-refractivity contribution in [3.8, 4) is 11.3 Å². The Morgan fingerprint density at radius 1 is 0.814 bits per heavy atom. The summed E-state index contributed by atoms with van der Waals surface area (Å²) in [6.07, 6.45) is 4.66. The monoisotopic (exact) mass is 957 g/mol. The fourth-order valence-electron chi connectivity index (χ4n) is 10.6. The predicted molar refractivity (Wildman–Crippen MR) is 256 cm³/mol. The first-order chi connectivity index (χ1) is 33.8. The van der Waals surface area contributed by atoms with E-state index in [2.05, 4.69) is 45.3 Å². The molecule has 2 aromatic carbocycles. The molecule has 70 heavy (non-hydrogen) atoms. The minimum absolute atomic E-state index is 0.0268. The lowest BCUT2D eigenvalue weighted by Crippen LogP contribution is -2.53. The molecule has 2 N–H and O–H groups in total. The Hall–Kier alpha value is -6.93. The zero-order chi connectivity index (χ0) is 48.8. The van der Waals surface area contributed by atoms with Crippen LogP contribution in [0.15, 0.2) is 54.9 Å². The molecule has 366 valence electrons. The molecule has 0 spiro atoms. The molecule has 18 nitrogen and oxygen atoms in total. The van der Waals surface area contributed by atoms with Gasteiger partial charge in [-0.15, -0.1) is 0 Å². The van der Waals surface area contributed by atoms with Gasteiger partial charge in [-0.1, -0.05) is 6.07 Å². The molecule has 20 heteroatoms. The largest absolute Gasteiger partial charge is 0.368 e. The molecule has 0 unspecified atom stereocenters. The number of amides is 5. The van der Waals surface area contributed by atoms with E-state index in [1.54, 1.807) is 17.2 Å². The number of benzene rings is 2. The Bertz CT molecular complexity index is 2850. The van der Waals surface area contributed by atoms with E-state index in [-0.39, 0.29) is 64.7 Å². The van der Waals surface area contributed by atoms with Crippen molar-refractivity contribution in [3.63, 3.8) is 0 Å². The molecular formula is C50H57F2N13O5. The molecule has 0 radical (unpaired) electrons. The smallest absolute Gasteiger partial charge is 0.255 e. The first kappa shape index (κ1) is 46.8. The van der Waals surface area contributed by atoms with E-state index in [1.807, 2.05) is 65.5 Å². The SMILES string of the molecule is Cc1nc2c(F)cc(-c3nc(Nc4ccc(CN5CCN(CC(=O)N6CCC(C(=O)N7CCN(c8ccc9c(c8)CN([C@H]8CCC(=O)NC8=O)C9=O)CC7)CC6)CC5)cn4)ncc3F)cc2n1C(C)C. The van der Waals surface area contributed by atoms with E-state index in [0.717, 1.165) is 49.2 Å².